The Bertz CT molecular complexity index is 1380. The molecule has 0 spiro atoms. The summed E-state index contributed by atoms with van der Waals surface area (Å²) in [5.41, 5.74) is 6.80. The van der Waals surface area contributed by atoms with Crippen molar-refractivity contribution in [3.63, 3.8) is 0 Å². The quantitative estimate of drug-likeness (QED) is 0.497. The first-order valence-corrected chi connectivity index (χ1v) is 10.6. The van der Waals surface area contributed by atoms with E-state index >= 15 is 0 Å². The van der Waals surface area contributed by atoms with E-state index in [1.54, 1.807) is 0 Å². The molecule has 32 heavy (non-hydrogen) atoms. The van der Waals surface area contributed by atoms with Gasteiger partial charge in [0.25, 0.3) is 5.56 Å². The first-order valence-electron chi connectivity index (χ1n) is 10.6. The molecule has 0 saturated carbocycles. The van der Waals surface area contributed by atoms with Gasteiger partial charge in [0.15, 0.2) is 11.5 Å². The van der Waals surface area contributed by atoms with Crippen LogP contribution < -0.4 is 15.4 Å². The van der Waals surface area contributed by atoms with Gasteiger partial charge in [-0.1, -0.05) is 0 Å². The fraction of sp³-hybridized carbons (Fsp3) is 0.292. The van der Waals surface area contributed by atoms with E-state index in [0.717, 1.165) is 52.5 Å². The van der Waals surface area contributed by atoms with E-state index in [9.17, 15) is 4.79 Å². The molecule has 8 heteroatoms. The zero-order chi connectivity index (χ0) is 22.4. The molecule has 0 aromatic carbocycles. The fourth-order valence-corrected chi connectivity index (χ4v) is 4.15. The average molecular weight is 428 g/mol. The third-order valence-corrected chi connectivity index (χ3v) is 6.13. The smallest absolute Gasteiger partial charge is 0.274 e. The first-order chi connectivity index (χ1) is 15.4. The van der Waals surface area contributed by atoms with E-state index in [1.165, 1.54) is 22.3 Å². The van der Waals surface area contributed by atoms with Crippen molar-refractivity contribution in [1.29, 1.82) is 0 Å². The van der Waals surface area contributed by atoms with Crippen LogP contribution in [0.2, 0.25) is 0 Å². The Morgan fingerprint density at radius 2 is 1.78 bits per heavy atom. The highest BCUT2D eigenvalue weighted by Crippen LogP contribution is 2.29. The van der Waals surface area contributed by atoms with E-state index in [1.807, 2.05) is 51.3 Å². The van der Waals surface area contributed by atoms with Crippen molar-refractivity contribution < 1.29 is 0 Å². The van der Waals surface area contributed by atoms with E-state index < -0.39 is 0 Å². The monoisotopic (exact) mass is 427 g/mol. The number of aromatic nitrogens is 5. The van der Waals surface area contributed by atoms with Gasteiger partial charge in [0.2, 0.25) is 0 Å². The maximum absolute atomic E-state index is 12.4. The molecule has 162 valence electrons. The molecule has 0 N–H and O–H groups in total. The average Bonchev–Trinajstić information content (AvgIpc) is 2.81. The number of hydrogen-bond donors (Lipinski definition) is 0. The molecule has 0 saturated heterocycles. The van der Waals surface area contributed by atoms with Crippen molar-refractivity contribution in [2.75, 3.05) is 30.4 Å². The lowest BCUT2D eigenvalue weighted by Crippen LogP contribution is -2.33. The third kappa shape index (κ3) is 3.37. The Labute approximate surface area is 186 Å². The second-order valence-electron chi connectivity index (χ2n) is 8.39. The Morgan fingerprint density at radius 1 is 0.969 bits per heavy atom. The van der Waals surface area contributed by atoms with Gasteiger partial charge < -0.3 is 9.80 Å². The molecule has 0 fully saturated rings. The van der Waals surface area contributed by atoms with Crippen LogP contribution in [0, 0.1) is 13.8 Å². The number of hydrogen-bond acceptors (Lipinski definition) is 7. The predicted octanol–water partition coefficient (Wildman–Crippen LogP) is 2.79. The molecule has 1 aliphatic rings. The van der Waals surface area contributed by atoms with Crippen LogP contribution in [0.25, 0.3) is 16.8 Å². The topological polar surface area (TPSA) is 79.5 Å². The van der Waals surface area contributed by atoms with Crippen molar-refractivity contribution in [3.8, 4) is 11.1 Å². The van der Waals surface area contributed by atoms with Gasteiger partial charge in [-0.3, -0.25) is 9.78 Å². The summed E-state index contributed by atoms with van der Waals surface area (Å²) < 4.78 is 1.40. The predicted molar refractivity (Wildman–Crippen MR) is 125 cm³/mol. The number of aryl methyl sites for hydroxylation is 1. The molecule has 0 unspecified atom stereocenters. The van der Waals surface area contributed by atoms with Crippen LogP contribution in [0.15, 0.2) is 47.7 Å². The Morgan fingerprint density at radius 3 is 2.53 bits per heavy atom. The highest BCUT2D eigenvalue weighted by atomic mass is 16.1. The van der Waals surface area contributed by atoms with Gasteiger partial charge in [0.1, 0.15) is 5.82 Å². The SMILES string of the molecule is Cc1c(N2CCc3ncc(-c4ccc(N(C)C)nc4)cc3C2)nn2c(=O)ccnc2c1C. The maximum Gasteiger partial charge on any atom is 0.274 e. The standard InChI is InChI=1S/C24H25N7O/c1-15-16(2)24(28-31-22(32)7-9-25-23(15)31)30-10-8-20-19(14-30)11-18(13-26-20)17-5-6-21(27-12-17)29(3)4/h5-7,9,11-13H,8,10,14H2,1-4H3. The van der Waals surface area contributed by atoms with E-state index in [0.29, 0.717) is 12.2 Å². The van der Waals surface area contributed by atoms with E-state index in [4.69, 9.17) is 4.98 Å². The minimum absolute atomic E-state index is 0.172. The number of pyridine rings is 2. The number of anilines is 2. The summed E-state index contributed by atoms with van der Waals surface area (Å²) in [5, 5.41) is 4.67. The van der Waals surface area contributed by atoms with Crippen LogP contribution in [0.3, 0.4) is 0 Å². The summed E-state index contributed by atoms with van der Waals surface area (Å²) >= 11 is 0. The summed E-state index contributed by atoms with van der Waals surface area (Å²) in [4.78, 5) is 30.2. The van der Waals surface area contributed by atoms with Gasteiger partial charge in [-0.15, -0.1) is 5.10 Å². The van der Waals surface area contributed by atoms with Crippen LogP contribution in [0.5, 0.6) is 0 Å². The molecule has 5 rings (SSSR count). The van der Waals surface area contributed by atoms with Crippen molar-refractivity contribution >= 4 is 17.3 Å². The van der Waals surface area contributed by atoms with Crippen LogP contribution in [-0.4, -0.2) is 45.2 Å². The summed E-state index contributed by atoms with van der Waals surface area (Å²) in [6, 6.07) is 7.72. The number of fused-ring (bicyclic) bond motifs is 2. The lowest BCUT2D eigenvalue weighted by molar-refractivity contribution is 0.684. The highest BCUT2D eigenvalue weighted by molar-refractivity contribution is 5.65. The molecule has 0 atom stereocenters. The molecule has 0 aliphatic carbocycles. The second-order valence-corrected chi connectivity index (χ2v) is 8.39. The lowest BCUT2D eigenvalue weighted by Gasteiger charge is -2.31. The minimum Gasteiger partial charge on any atom is -0.363 e. The number of nitrogens with zero attached hydrogens (tertiary/aromatic N) is 7. The van der Waals surface area contributed by atoms with E-state index in [-0.39, 0.29) is 5.56 Å². The van der Waals surface area contributed by atoms with Gasteiger partial charge in [-0.25, -0.2) is 9.97 Å². The highest BCUT2D eigenvalue weighted by Gasteiger charge is 2.23. The third-order valence-electron chi connectivity index (χ3n) is 6.13. The Kier molecular flexibility index (Phi) is 4.84. The normalized spacial score (nSPS) is 13.3. The summed E-state index contributed by atoms with van der Waals surface area (Å²) in [5.74, 6) is 1.74. The van der Waals surface area contributed by atoms with Crippen molar-refractivity contribution in [2.45, 2.75) is 26.8 Å². The van der Waals surface area contributed by atoms with Crippen molar-refractivity contribution in [3.05, 3.63) is 75.6 Å². The fourth-order valence-electron chi connectivity index (χ4n) is 4.15. The Hall–Kier alpha value is -3.81. The zero-order valence-corrected chi connectivity index (χ0v) is 18.7. The summed E-state index contributed by atoms with van der Waals surface area (Å²) in [6.45, 7) is 5.52. The van der Waals surface area contributed by atoms with Crippen molar-refractivity contribution in [1.82, 2.24) is 24.6 Å². The zero-order valence-electron chi connectivity index (χ0n) is 18.7. The number of rotatable bonds is 3. The lowest BCUT2D eigenvalue weighted by atomic mass is 10.0. The maximum atomic E-state index is 12.4. The van der Waals surface area contributed by atoms with Gasteiger partial charge in [-0.2, -0.15) is 4.52 Å². The molecule has 0 bridgehead atoms. The van der Waals surface area contributed by atoms with Gasteiger partial charge in [-0.05, 0) is 37.6 Å². The molecule has 4 aromatic rings. The van der Waals surface area contributed by atoms with Crippen LogP contribution >= 0.6 is 0 Å². The van der Waals surface area contributed by atoms with Crippen LogP contribution in [0.4, 0.5) is 11.6 Å². The van der Waals surface area contributed by atoms with Gasteiger partial charge in [0.05, 0.1) is 0 Å². The van der Waals surface area contributed by atoms with E-state index in [2.05, 4.69) is 32.1 Å². The Balaban J connectivity index is 1.51. The van der Waals surface area contributed by atoms with Gasteiger partial charge >= 0.3 is 0 Å². The molecule has 5 heterocycles. The molecule has 1 aliphatic heterocycles. The molecular weight excluding hydrogens is 402 g/mol. The molecule has 0 radical (unpaired) electrons. The molecule has 4 aromatic heterocycles. The second kappa shape index (κ2) is 7.71. The van der Waals surface area contributed by atoms with Gasteiger partial charge in [0, 0.05) is 86.2 Å². The largest absolute Gasteiger partial charge is 0.363 e. The summed E-state index contributed by atoms with van der Waals surface area (Å²) in [6.07, 6.45) is 6.18. The van der Waals surface area contributed by atoms with Crippen LogP contribution in [0.1, 0.15) is 22.4 Å². The molecule has 0 amide bonds. The molecule has 8 nitrogen and oxygen atoms in total. The first kappa shape index (κ1) is 20.1. The molecular formula is C24H25N7O. The van der Waals surface area contributed by atoms with Crippen LogP contribution in [-0.2, 0) is 13.0 Å². The minimum atomic E-state index is -0.172. The summed E-state index contributed by atoms with van der Waals surface area (Å²) in [7, 11) is 3.96. The van der Waals surface area contributed by atoms with Crippen molar-refractivity contribution in [2.24, 2.45) is 0 Å².